The smallest absolute Gasteiger partial charge is 1.00 e. The SMILES string of the molecule is CCCCCCCC=O.[H-].[Li+]. The molecule has 0 aliphatic carbocycles. The minimum atomic E-state index is 0. The van der Waals surface area contributed by atoms with Crippen LogP contribution < -0.4 is 18.9 Å². The Morgan fingerprint density at radius 1 is 1.20 bits per heavy atom. The summed E-state index contributed by atoms with van der Waals surface area (Å²) >= 11 is 0. The summed E-state index contributed by atoms with van der Waals surface area (Å²) in [5.41, 5.74) is 0. The summed E-state index contributed by atoms with van der Waals surface area (Å²) in [7, 11) is 0. The molecule has 0 bridgehead atoms. The van der Waals surface area contributed by atoms with Crippen molar-refractivity contribution in [3.8, 4) is 0 Å². The molecule has 0 N–H and O–H groups in total. The van der Waals surface area contributed by atoms with Gasteiger partial charge in [-0.2, -0.15) is 0 Å². The number of rotatable bonds is 6. The molecular formula is C8H17LiO. The molecule has 0 atom stereocenters. The summed E-state index contributed by atoms with van der Waals surface area (Å²) in [6.07, 6.45) is 7.97. The van der Waals surface area contributed by atoms with Gasteiger partial charge < -0.3 is 6.22 Å². The molecule has 0 fully saturated rings. The number of hydrogen-bond donors (Lipinski definition) is 0. The van der Waals surface area contributed by atoms with Gasteiger partial charge in [-0.1, -0.05) is 32.6 Å². The molecule has 0 amide bonds. The van der Waals surface area contributed by atoms with Crippen LogP contribution in [0.5, 0.6) is 0 Å². The molecule has 0 unspecified atom stereocenters. The van der Waals surface area contributed by atoms with Gasteiger partial charge >= 0.3 is 18.9 Å². The maximum atomic E-state index is 9.84. The van der Waals surface area contributed by atoms with E-state index in [0.29, 0.717) is 0 Å². The summed E-state index contributed by atoms with van der Waals surface area (Å²) in [6, 6.07) is 0. The molecule has 0 aliphatic rings. The normalized spacial score (nSPS) is 8.50. The quantitative estimate of drug-likeness (QED) is 0.277. The van der Waals surface area contributed by atoms with Crippen LogP contribution in [-0.4, -0.2) is 6.29 Å². The number of hydrogen-bond acceptors (Lipinski definition) is 1. The molecule has 0 heterocycles. The first-order chi connectivity index (χ1) is 4.41. The van der Waals surface area contributed by atoms with E-state index < -0.39 is 0 Å². The van der Waals surface area contributed by atoms with E-state index in [0.717, 1.165) is 19.1 Å². The van der Waals surface area contributed by atoms with Crippen molar-refractivity contribution in [3.63, 3.8) is 0 Å². The molecule has 56 valence electrons. The zero-order valence-electron chi connectivity index (χ0n) is 8.23. The van der Waals surface area contributed by atoms with Gasteiger partial charge in [0.05, 0.1) is 0 Å². The monoisotopic (exact) mass is 136 g/mol. The largest absolute Gasteiger partial charge is 1.00 e. The molecule has 0 aromatic heterocycles. The van der Waals surface area contributed by atoms with E-state index in [1.807, 2.05) is 0 Å². The van der Waals surface area contributed by atoms with Crippen LogP contribution >= 0.6 is 0 Å². The first kappa shape index (κ1) is 12.9. The fourth-order valence-electron chi connectivity index (χ4n) is 0.831. The van der Waals surface area contributed by atoms with Crippen molar-refractivity contribution < 1.29 is 25.1 Å². The van der Waals surface area contributed by atoms with Gasteiger partial charge in [-0.3, -0.25) is 0 Å². The van der Waals surface area contributed by atoms with Crippen LogP contribution in [0.3, 0.4) is 0 Å². The molecule has 0 aromatic carbocycles. The second-order valence-electron chi connectivity index (χ2n) is 2.37. The number of unbranched alkanes of at least 4 members (excludes halogenated alkanes) is 5. The maximum absolute atomic E-state index is 9.84. The summed E-state index contributed by atoms with van der Waals surface area (Å²) in [5, 5.41) is 0. The zero-order chi connectivity index (χ0) is 6.95. The third-order valence-corrected chi connectivity index (χ3v) is 1.43. The Hall–Kier alpha value is 0.267. The van der Waals surface area contributed by atoms with Crippen LogP contribution in [-0.2, 0) is 4.79 Å². The van der Waals surface area contributed by atoms with E-state index in [9.17, 15) is 4.79 Å². The summed E-state index contributed by atoms with van der Waals surface area (Å²) < 4.78 is 0. The summed E-state index contributed by atoms with van der Waals surface area (Å²) in [6.45, 7) is 2.19. The van der Waals surface area contributed by atoms with E-state index in [-0.39, 0.29) is 20.3 Å². The van der Waals surface area contributed by atoms with E-state index in [2.05, 4.69) is 6.92 Å². The molecule has 0 spiro atoms. The molecule has 0 rings (SSSR count). The van der Waals surface area contributed by atoms with E-state index in [1.165, 1.54) is 25.7 Å². The van der Waals surface area contributed by atoms with E-state index >= 15 is 0 Å². The summed E-state index contributed by atoms with van der Waals surface area (Å²) in [4.78, 5) is 9.84. The van der Waals surface area contributed by atoms with Crippen LogP contribution in [0.2, 0.25) is 0 Å². The Morgan fingerprint density at radius 2 is 1.80 bits per heavy atom. The van der Waals surface area contributed by atoms with E-state index in [1.54, 1.807) is 0 Å². The summed E-state index contributed by atoms with van der Waals surface area (Å²) in [5.74, 6) is 0. The van der Waals surface area contributed by atoms with Gasteiger partial charge in [0.15, 0.2) is 0 Å². The fourth-order valence-corrected chi connectivity index (χ4v) is 0.831. The van der Waals surface area contributed by atoms with Gasteiger partial charge in [0, 0.05) is 6.42 Å². The van der Waals surface area contributed by atoms with Gasteiger partial charge in [-0.15, -0.1) is 0 Å². The van der Waals surface area contributed by atoms with Gasteiger partial charge in [0.25, 0.3) is 0 Å². The third-order valence-electron chi connectivity index (χ3n) is 1.43. The van der Waals surface area contributed by atoms with Crippen molar-refractivity contribution >= 4 is 6.29 Å². The van der Waals surface area contributed by atoms with Crippen molar-refractivity contribution in [2.75, 3.05) is 0 Å². The minimum absolute atomic E-state index is 0. The van der Waals surface area contributed by atoms with Crippen molar-refractivity contribution in [1.82, 2.24) is 0 Å². The topological polar surface area (TPSA) is 17.1 Å². The average Bonchev–Trinajstić information content (AvgIpc) is 1.89. The van der Waals surface area contributed by atoms with Crippen molar-refractivity contribution in [2.45, 2.75) is 45.4 Å². The second-order valence-corrected chi connectivity index (χ2v) is 2.37. The number of carbonyl (C=O) groups excluding carboxylic acids is 1. The van der Waals surface area contributed by atoms with E-state index in [4.69, 9.17) is 0 Å². The van der Waals surface area contributed by atoms with Crippen LogP contribution in [0.25, 0.3) is 0 Å². The molecule has 10 heavy (non-hydrogen) atoms. The van der Waals surface area contributed by atoms with Crippen LogP contribution in [0, 0.1) is 0 Å². The minimum Gasteiger partial charge on any atom is -1.00 e. The Balaban J connectivity index is -0.000000320. The van der Waals surface area contributed by atoms with Gasteiger partial charge in [0.1, 0.15) is 6.29 Å². The molecule has 0 radical (unpaired) electrons. The van der Waals surface area contributed by atoms with Gasteiger partial charge in [0.2, 0.25) is 0 Å². The Bertz CT molecular complexity index is 69.1. The van der Waals surface area contributed by atoms with Gasteiger partial charge in [-0.05, 0) is 6.42 Å². The molecule has 1 nitrogen and oxygen atoms in total. The first-order valence-electron chi connectivity index (χ1n) is 3.85. The molecule has 0 saturated heterocycles. The fraction of sp³-hybridized carbons (Fsp3) is 0.875. The molecule has 0 saturated carbocycles. The predicted octanol–water partition coefficient (Wildman–Crippen LogP) is -0.338. The Morgan fingerprint density at radius 3 is 2.30 bits per heavy atom. The zero-order valence-corrected chi connectivity index (χ0v) is 7.23. The molecular weight excluding hydrogens is 119 g/mol. The van der Waals surface area contributed by atoms with Crippen LogP contribution in [0.15, 0.2) is 0 Å². The van der Waals surface area contributed by atoms with Crippen molar-refractivity contribution in [3.05, 3.63) is 0 Å². The molecule has 0 aliphatic heterocycles. The second kappa shape index (κ2) is 12.0. The molecule has 0 aromatic rings. The Labute approximate surface area is 77.2 Å². The first-order valence-corrected chi connectivity index (χ1v) is 3.85. The third kappa shape index (κ3) is 11.1. The number of aldehydes is 1. The maximum Gasteiger partial charge on any atom is 1.00 e. The van der Waals surface area contributed by atoms with Crippen molar-refractivity contribution in [2.24, 2.45) is 0 Å². The van der Waals surface area contributed by atoms with Crippen LogP contribution in [0.1, 0.15) is 46.9 Å². The molecule has 2 heteroatoms. The predicted molar refractivity (Wildman–Crippen MR) is 40.6 cm³/mol. The Kier molecular flexibility index (Phi) is 15.5. The number of carbonyl (C=O) groups is 1. The average molecular weight is 136 g/mol. The van der Waals surface area contributed by atoms with Crippen LogP contribution in [0.4, 0.5) is 0 Å². The standard InChI is InChI=1S/C8H16O.Li.H/c1-2-3-4-5-6-7-8-9;;/h8H,2-7H2,1H3;;/q;+1;-1. The van der Waals surface area contributed by atoms with Crippen molar-refractivity contribution in [1.29, 1.82) is 0 Å². The van der Waals surface area contributed by atoms with Gasteiger partial charge in [-0.25, -0.2) is 0 Å².